The molecule has 0 radical (unpaired) electrons. The molecule has 8 nitrogen and oxygen atoms in total. The van der Waals surface area contributed by atoms with E-state index >= 15 is 0 Å². The van der Waals surface area contributed by atoms with Gasteiger partial charge in [0.2, 0.25) is 0 Å². The summed E-state index contributed by atoms with van der Waals surface area (Å²) in [5.74, 6) is -0.471. The van der Waals surface area contributed by atoms with Gasteiger partial charge in [-0.3, -0.25) is 4.79 Å². The molecule has 1 saturated carbocycles. The van der Waals surface area contributed by atoms with Crippen molar-refractivity contribution in [3.8, 4) is 11.1 Å². The lowest BCUT2D eigenvalue weighted by Crippen LogP contribution is -2.30. The normalized spacial score (nSPS) is 19.1. The number of H-pyrrole nitrogens is 1. The zero-order chi connectivity index (χ0) is 23.9. The van der Waals surface area contributed by atoms with Gasteiger partial charge in [-0.25, -0.2) is 9.97 Å². The summed E-state index contributed by atoms with van der Waals surface area (Å²) in [5.41, 5.74) is 12.6. The van der Waals surface area contributed by atoms with Crippen LogP contribution in [0.5, 0.6) is 0 Å². The van der Waals surface area contributed by atoms with Crippen molar-refractivity contribution in [3.05, 3.63) is 42.5 Å². The minimum absolute atomic E-state index is 0.154. The fourth-order valence-corrected chi connectivity index (χ4v) is 5.91. The summed E-state index contributed by atoms with van der Waals surface area (Å²) in [4.78, 5) is 27.1. The number of imidazole rings is 2. The van der Waals surface area contributed by atoms with Crippen LogP contribution in [0.15, 0.2) is 36.9 Å². The number of likely N-dealkylation sites (N-methyl/N-ethyl adjacent to an activating group) is 1. The van der Waals surface area contributed by atoms with E-state index in [0.717, 1.165) is 47.3 Å². The minimum atomic E-state index is -0.471. The highest BCUT2D eigenvalue weighted by atomic mass is 16.5. The van der Waals surface area contributed by atoms with E-state index in [0.29, 0.717) is 23.7 Å². The van der Waals surface area contributed by atoms with E-state index in [2.05, 4.69) is 37.6 Å². The van der Waals surface area contributed by atoms with Crippen LogP contribution < -0.4 is 10.6 Å². The molecular formula is C27H32N6O2. The molecule has 1 atom stereocenters. The number of nitrogens with two attached hydrogens (primary N) is 1. The number of fused-ring (bicyclic) bond motifs is 2. The van der Waals surface area contributed by atoms with Gasteiger partial charge in [-0.15, -0.1) is 0 Å². The summed E-state index contributed by atoms with van der Waals surface area (Å²) in [7, 11) is 1.99. The van der Waals surface area contributed by atoms with Gasteiger partial charge in [0.15, 0.2) is 0 Å². The van der Waals surface area contributed by atoms with Crippen LogP contribution in [0.2, 0.25) is 0 Å². The fraction of sp³-hybridized carbons (Fsp3) is 0.444. The van der Waals surface area contributed by atoms with E-state index in [4.69, 9.17) is 15.5 Å². The second-order valence-electron chi connectivity index (χ2n) is 9.97. The Hall–Kier alpha value is -3.39. The van der Waals surface area contributed by atoms with Gasteiger partial charge in [0.05, 0.1) is 52.1 Å². The Morgan fingerprint density at radius 1 is 1.17 bits per heavy atom. The number of nitrogens with one attached hydrogen (secondary N) is 1. The van der Waals surface area contributed by atoms with Crippen molar-refractivity contribution >= 4 is 33.7 Å². The molecule has 1 saturated heterocycles. The molecule has 6 rings (SSSR count). The van der Waals surface area contributed by atoms with E-state index in [-0.39, 0.29) is 6.10 Å². The number of nitrogens with zero attached hydrogens (tertiary/aromatic N) is 4. The molecule has 2 fully saturated rings. The fourth-order valence-electron chi connectivity index (χ4n) is 5.91. The highest BCUT2D eigenvalue weighted by Gasteiger charge is 2.25. The van der Waals surface area contributed by atoms with Crippen LogP contribution in [0.25, 0.3) is 33.2 Å². The van der Waals surface area contributed by atoms with Crippen molar-refractivity contribution in [1.29, 1.82) is 0 Å². The van der Waals surface area contributed by atoms with Crippen LogP contribution >= 0.6 is 0 Å². The van der Waals surface area contributed by atoms with Crippen LogP contribution in [0, 0.1) is 0 Å². The van der Waals surface area contributed by atoms with Crippen LogP contribution in [-0.4, -0.2) is 51.7 Å². The van der Waals surface area contributed by atoms with E-state index in [1.807, 2.05) is 19.4 Å². The minimum Gasteiger partial charge on any atom is -0.376 e. The number of anilines is 1. The van der Waals surface area contributed by atoms with Gasteiger partial charge >= 0.3 is 0 Å². The van der Waals surface area contributed by atoms with Crippen molar-refractivity contribution in [2.45, 2.75) is 57.1 Å². The standard InChI is InChI=1S/C27H32N6O2/c1-32(14-19-8-5-11-35-19)23-13-20(25-26(30-15-29-25)24(23)27(28)34)17-9-10-22-21(12-17)31-16-33(22)18-6-3-2-4-7-18/h9-10,12-13,15-16,18-19H,2-8,11,14H2,1H3,(H2,28,34)(H,29,30). The Labute approximate surface area is 204 Å². The molecule has 2 aliphatic rings. The largest absolute Gasteiger partial charge is 0.376 e. The first-order chi connectivity index (χ1) is 17.1. The molecule has 1 aliphatic heterocycles. The summed E-state index contributed by atoms with van der Waals surface area (Å²) in [6, 6.07) is 9.01. The molecule has 182 valence electrons. The highest BCUT2D eigenvalue weighted by Crippen LogP contribution is 2.38. The molecule has 3 heterocycles. The lowest BCUT2D eigenvalue weighted by atomic mass is 9.95. The van der Waals surface area contributed by atoms with E-state index in [9.17, 15) is 4.79 Å². The van der Waals surface area contributed by atoms with Gasteiger partial charge in [-0.2, -0.15) is 0 Å². The number of carbonyl (C=O) groups is 1. The first kappa shape index (κ1) is 22.1. The summed E-state index contributed by atoms with van der Waals surface area (Å²) in [5, 5.41) is 0. The monoisotopic (exact) mass is 472 g/mol. The maximum absolute atomic E-state index is 12.6. The van der Waals surface area contributed by atoms with Gasteiger partial charge in [0, 0.05) is 31.8 Å². The van der Waals surface area contributed by atoms with Gasteiger partial charge < -0.3 is 24.9 Å². The predicted molar refractivity (Wildman–Crippen MR) is 138 cm³/mol. The Morgan fingerprint density at radius 2 is 2.03 bits per heavy atom. The number of benzene rings is 2. The number of amides is 1. The molecule has 8 heteroatoms. The van der Waals surface area contributed by atoms with Gasteiger partial charge in [-0.05, 0) is 49.4 Å². The Bertz CT molecular complexity index is 1380. The summed E-state index contributed by atoms with van der Waals surface area (Å²) >= 11 is 0. The summed E-state index contributed by atoms with van der Waals surface area (Å²) < 4.78 is 8.19. The number of ether oxygens (including phenoxy) is 1. The summed E-state index contributed by atoms with van der Waals surface area (Å²) in [6.07, 6.45) is 12.2. The number of aromatic amines is 1. The van der Waals surface area contributed by atoms with E-state index < -0.39 is 5.91 Å². The number of carbonyl (C=O) groups excluding carboxylic acids is 1. The molecule has 2 aromatic heterocycles. The van der Waals surface area contributed by atoms with Gasteiger partial charge in [-0.1, -0.05) is 25.3 Å². The molecule has 1 unspecified atom stereocenters. The molecule has 4 aromatic rings. The smallest absolute Gasteiger partial charge is 0.253 e. The molecule has 35 heavy (non-hydrogen) atoms. The number of rotatable bonds is 6. The number of hydrogen-bond acceptors (Lipinski definition) is 5. The molecule has 1 aliphatic carbocycles. The Balaban J connectivity index is 1.44. The lowest BCUT2D eigenvalue weighted by molar-refractivity contribution is 0.100. The van der Waals surface area contributed by atoms with E-state index in [1.54, 1.807) is 6.33 Å². The zero-order valence-electron chi connectivity index (χ0n) is 20.2. The third-order valence-electron chi connectivity index (χ3n) is 7.69. The number of primary amides is 1. The van der Waals surface area contributed by atoms with Crippen molar-refractivity contribution in [3.63, 3.8) is 0 Å². The van der Waals surface area contributed by atoms with Crippen molar-refractivity contribution in [2.24, 2.45) is 5.73 Å². The molecule has 0 bridgehead atoms. The molecule has 2 aromatic carbocycles. The average molecular weight is 473 g/mol. The lowest BCUT2D eigenvalue weighted by Gasteiger charge is -2.25. The molecule has 0 spiro atoms. The third-order valence-corrected chi connectivity index (χ3v) is 7.69. The maximum Gasteiger partial charge on any atom is 0.253 e. The van der Waals surface area contributed by atoms with Gasteiger partial charge in [0.1, 0.15) is 0 Å². The first-order valence-electron chi connectivity index (χ1n) is 12.7. The van der Waals surface area contributed by atoms with Gasteiger partial charge in [0.25, 0.3) is 5.91 Å². The van der Waals surface area contributed by atoms with Crippen LogP contribution in [-0.2, 0) is 4.74 Å². The SMILES string of the molecule is CN(CC1CCCO1)c1cc(-c2ccc3c(c2)ncn3C2CCCCC2)c2nc[nH]c2c1C(N)=O. The maximum atomic E-state index is 12.6. The second kappa shape index (κ2) is 9.00. The molecule has 3 N–H and O–H groups in total. The molecular weight excluding hydrogens is 440 g/mol. The highest BCUT2D eigenvalue weighted by molar-refractivity contribution is 6.13. The third kappa shape index (κ3) is 3.95. The quantitative estimate of drug-likeness (QED) is 0.420. The zero-order valence-corrected chi connectivity index (χ0v) is 20.2. The van der Waals surface area contributed by atoms with E-state index in [1.165, 1.54) is 37.6 Å². The first-order valence-corrected chi connectivity index (χ1v) is 12.7. The number of aromatic nitrogens is 4. The predicted octanol–water partition coefficient (Wildman–Crippen LogP) is 4.80. The summed E-state index contributed by atoms with van der Waals surface area (Å²) in [6.45, 7) is 1.49. The average Bonchev–Trinajstić information content (AvgIpc) is 3.63. The van der Waals surface area contributed by atoms with Crippen LogP contribution in [0.3, 0.4) is 0 Å². The Kier molecular flexibility index (Phi) is 5.68. The molecule has 1 amide bonds. The van der Waals surface area contributed by atoms with Crippen molar-refractivity contribution < 1.29 is 9.53 Å². The van der Waals surface area contributed by atoms with Crippen molar-refractivity contribution in [1.82, 2.24) is 19.5 Å². The van der Waals surface area contributed by atoms with Crippen LogP contribution in [0.1, 0.15) is 61.3 Å². The van der Waals surface area contributed by atoms with Crippen molar-refractivity contribution in [2.75, 3.05) is 25.1 Å². The number of hydrogen-bond donors (Lipinski definition) is 2. The topological polar surface area (TPSA) is 102 Å². The second-order valence-corrected chi connectivity index (χ2v) is 9.97. The van der Waals surface area contributed by atoms with Crippen LogP contribution in [0.4, 0.5) is 5.69 Å². The Morgan fingerprint density at radius 3 is 2.80 bits per heavy atom.